The minimum Gasteiger partial charge on any atom is -0.355 e. The molecule has 0 aromatic rings. The molecule has 0 radical (unpaired) electrons. The minimum atomic E-state index is -0.682. The summed E-state index contributed by atoms with van der Waals surface area (Å²) in [5.74, 6) is -0.199. The van der Waals surface area contributed by atoms with Gasteiger partial charge in [0, 0.05) is 65.2 Å². The van der Waals surface area contributed by atoms with E-state index in [1.165, 1.54) is 0 Å². The molecular weight excluding hydrogens is 332 g/mol. The summed E-state index contributed by atoms with van der Waals surface area (Å²) in [5.41, 5.74) is 11.3. The summed E-state index contributed by atoms with van der Waals surface area (Å²) in [7, 11) is 6.23. The van der Waals surface area contributed by atoms with Gasteiger partial charge in [-0.05, 0) is 27.6 Å². The van der Waals surface area contributed by atoms with Crippen molar-refractivity contribution >= 4 is 11.7 Å². The van der Waals surface area contributed by atoms with Crippen LogP contribution in [-0.2, 0) is 9.59 Å². The van der Waals surface area contributed by atoms with Gasteiger partial charge < -0.3 is 31.5 Å². The van der Waals surface area contributed by atoms with Crippen LogP contribution in [0, 0.1) is 0 Å². The molecule has 0 aliphatic rings. The lowest BCUT2D eigenvalue weighted by atomic mass is 10.1. The normalized spacial score (nSPS) is 12.8. The van der Waals surface area contributed by atoms with Crippen LogP contribution in [0.5, 0.6) is 0 Å². The third kappa shape index (κ3) is 13.2. The third-order valence-corrected chi connectivity index (χ3v) is 4.37. The lowest BCUT2D eigenvalue weighted by molar-refractivity contribution is -0.126. The molecule has 5 N–H and O–H groups in total. The zero-order valence-electron chi connectivity index (χ0n) is 17.2. The summed E-state index contributed by atoms with van der Waals surface area (Å²) in [6.07, 6.45) is 1.27. The van der Waals surface area contributed by atoms with Crippen LogP contribution in [0.3, 0.4) is 0 Å². The maximum Gasteiger partial charge on any atom is 0.222 e. The molecule has 0 saturated heterocycles. The molecule has 26 heavy (non-hydrogen) atoms. The molecule has 8 heteroatoms. The average Bonchev–Trinajstić information content (AvgIpc) is 2.58. The van der Waals surface area contributed by atoms with Crippen molar-refractivity contribution in [3.8, 4) is 0 Å². The number of ketones is 1. The number of amides is 1. The quantitative estimate of drug-likeness (QED) is 0.317. The van der Waals surface area contributed by atoms with E-state index in [-0.39, 0.29) is 18.1 Å². The lowest BCUT2D eigenvalue weighted by Crippen LogP contribution is -2.41. The van der Waals surface area contributed by atoms with Gasteiger partial charge >= 0.3 is 0 Å². The van der Waals surface area contributed by atoms with Crippen molar-refractivity contribution in [2.24, 2.45) is 11.5 Å². The fourth-order valence-electron chi connectivity index (χ4n) is 2.44. The van der Waals surface area contributed by atoms with Crippen LogP contribution in [0.4, 0.5) is 0 Å². The van der Waals surface area contributed by atoms with Crippen LogP contribution in [-0.4, -0.2) is 106 Å². The Balaban J connectivity index is 3.80. The van der Waals surface area contributed by atoms with Crippen LogP contribution in [0.25, 0.3) is 0 Å². The average molecular weight is 373 g/mol. The Bertz CT molecular complexity index is 394. The van der Waals surface area contributed by atoms with E-state index in [1.54, 1.807) is 0 Å². The van der Waals surface area contributed by atoms with Gasteiger partial charge in [0.1, 0.15) is 5.78 Å². The van der Waals surface area contributed by atoms with Gasteiger partial charge in [-0.2, -0.15) is 0 Å². The van der Waals surface area contributed by atoms with Crippen LogP contribution >= 0.6 is 0 Å². The van der Waals surface area contributed by atoms with Gasteiger partial charge in [0.2, 0.25) is 5.91 Å². The molecular formula is C18H40N6O2. The van der Waals surface area contributed by atoms with Crippen molar-refractivity contribution < 1.29 is 9.59 Å². The second-order valence-corrected chi connectivity index (χ2v) is 7.08. The van der Waals surface area contributed by atoms with E-state index < -0.39 is 6.04 Å². The molecule has 8 nitrogen and oxygen atoms in total. The Morgan fingerprint density at radius 3 is 1.92 bits per heavy atom. The first-order valence-electron chi connectivity index (χ1n) is 9.60. The Labute approximate surface area is 159 Å². The Morgan fingerprint density at radius 2 is 1.42 bits per heavy atom. The van der Waals surface area contributed by atoms with E-state index in [0.29, 0.717) is 19.5 Å². The van der Waals surface area contributed by atoms with Crippen LogP contribution in [0.15, 0.2) is 0 Å². The fourth-order valence-corrected chi connectivity index (χ4v) is 2.44. The van der Waals surface area contributed by atoms with Gasteiger partial charge in [-0.1, -0.05) is 6.92 Å². The van der Waals surface area contributed by atoms with Gasteiger partial charge in [0.05, 0.1) is 6.04 Å². The van der Waals surface area contributed by atoms with E-state index in [4.69, 9.17) is 11.5 Å². The second kappa shape index (κ2) is 15.0. The number of Topliss-reactive ketones (excluding diaryl/α,β-unsaturated/α-hetero) is 1. The number of carbonyl (C=O) groups is 2. The highest BCUT2D eigenvalue weighted by molar-refractivity contribution is 5.89. The topological polar surface area (TPSA) is 108 Å². The van der Waals surface area contributed by atoms with Gasteiger partial charge in [-0.3, -0.25) is 9.59 Å². The fraction of sp³-hybridized carbons (Fsp3) is 0.889. The largest absolute Gasteiger partial charge is 0.355 e. The molecule has 154 valence electrons. The standard InChI is InChI=1S/C18H40N6O2/c1-5-6-17(25)16(20)15-18(26)21-8-10-23(3)12-14-24(4)13-11-22(2)9-7-19/h16H,5-15,19-20H2,1-4H3,(H,21,26). The predicted octanol–water partition coefficient (Wildman–Crippen LogP) is -1.06. The van der Waals surface area contributed by atoms with E-state index >= 15 is 0 Å². The van der Waals surface area contributed by atoms with Crippen LogP contribution in [0.1, 0.15) is 26.2 Å². The monoisotopic (exact) mass is 372 g/mol. The number of hydrogen-bond donors (Lipinski definition) is 3. The summed E-state index contributed by atoms with van der Waals surface area (Å²) >= 11 is 0. The van der Waals surface area contributed by atoms with Crippen molar-refractivity contribution in [3.63, 3.8) is 0 Å². The second-order valence-electron chi connectivity index (χ2n) is 7.08. The number of rotatable bonds is 16. The van der Waals surface area contributed by atoms with Crippen molar-refractivity contribution in [1.82, 2.24) is 20.0 Å². The van der Waals surface area contributed by atoms with Crippen LogP contribution < -0.4 is 16.8 Å². The maximum absolute atomic E-state index is 11.8. The summed E-state index contributed by atoms with van der Waals surface area (Å²) in [4.78, 5) is 30.1. The number of nitrogens with one attached hydrogen (secondary N) is 1. The number of carbonyl (C=O) groups excluding carboxylic acids is 2. The number of nitrogens with zero attached hydrogens (tertiary/aromatic N) is 3. The molecule has 0 aliphatic carbocycles. The van der Waals surface area contributed by atoms with E-state index in [2.05, 4.69) is 34.1 Å². The van der Waals surface area contributed by atoms with Gasteiger partial charge in [0.15, 0.2) is 0 Å². The van der Waals surface area contributed by atoms with E-state index in [0.717, 1.165) is 45.7 Å². The number of likely N-dealkylation sites (N-methyl/N-ethyl adjacent to an activating group) is 3. The summed E-state index contributed by atoms with van der Waals surface area (Å²) in [6, 6.07) is -0.682. The molecule has 0 rings (SSSR count). The minimum absolute atomic E-state index is 0.0417. The predicted molar refractivity (Wildman–Crippen MR) is 107 cm³/mol. The Kier molecular flexibility index (Phi) is 14.4. The third-order valence-electron chi connectivity index (χ3n) is 4.37. The SMILES string of the molecule is CCCC(=O)C(N)CC(=O)NCCN(C)CCN(C)CCN(C)CCN. The highest BCUT2D eigenvalue weighted by atomic mass is 16.2. The first-order chi connectivity index (χ1) is 12.3. The summed E-state index contributed by atoms with van der Waals surface area (Å²) in [5, 5.41) is 2.84. The molecule has 0 aromatic carbocycles. The Morgan fingerprint density at radius 1 is 0.923 bits per heavy atom. The van der Waals surface area contributed by atoms with Crippen LogP contribution in [0.2, 0.25) is 0 Å². The van der Waals surface area contributed by atoms with Gasteiger partial charge in [0.25, 0.3) is 0 Å². The number of hydrogen-bond acceptors (Lipinski definition) is 7. The molecule has 1 unspecified atom stereocenters. The van der Waals surface area contributed by atoms with Gasteiger partial charge in [-0.25, -0.2) is 0 Å². The molecule has 0 bridgehead atoms. The van der Waals surface area contributed by atoms with Crippen molar-refractivity contribution in [1.29, 1.82) is 0 Å². The summed E-state index contributed by atoms with van der Waals surface area (Å²) < 4.78 is 0. The van der Waals surface area contributed by atoms with E-state index in [9.17, 15) is 9.59 Å². The highest BCUT2D eigenvalue weighted by Crippen LogP contribution is 1.97. The molecule has 0 fully saturated rings. The molecule has 0 spiro atoms. The molecule has 0 aliphatic heterocycles. The maximum atomic E-state index is 11.8. The van der Waals surface area contributed by atoms with Crippen molar-refractivity contribution in [3.05, 3.63) is 0 Å². The lowest BCUT2D eigenvalue weighted by Gasteiger charge is -2.24. The highest BCUT2D eigenvalue weighted by Gasteiger charge is 2.16. The smallest absolute Gasteiger partial charge is 0.222 e. The number of nitrogens with two attached hydrogens (primary N) is 2. The Hall–Kier alpha value is -1.06. The van der Waals surface area contributed by atoms with E-state index in [1.807, 2.05) is 14.0 Å². The molecule has 0 heterocycles. The zero-order valence-corrected chi connectivity index (χ0v) is 17.2. The molecule has 0 aromatic heterocycles. The summed E-state index contributed by atoms with van der Waals surface area (Å²) in [6.45, 7) is 8.77. The molecule has 0 saturated carbocycles. The molecule has 1 amide bonds. The van der Waals surface area contributed by atoms with Crippen molar-refractivity contribution in [2.45, 2.75) is 32.2 Å². The van der Waals surface area contributed by atoms with Gasteiger partial charge in [-0.15, -0.1) is 0 Å². The molecule has 1 atom stereocenters. The first kappa shape index (κ1) is 24.9. The zero-order chi connectivity index (χ0) is 19.9. The van der Waals surface area contributed by atoms with Crippen molar-refractivity contribution in [2.75, 3.05) is 73.5 Å². The first-order valence-corrected chi connectivity index (χ1v) is 9.60.